The third kappa shape index (κ3) is 4.08. The van der Waals surface area contributed by atoms with Gasteiger partial charge in [0.05, 0.1) is 30.4 Å². The van der Waals surface area contributed by atoms with Gasteiger partial charge in [0.1, 0.15) is 16.9 Å². The molecule has 162 valence electrons. The zero-order valence-corrected chi connectivity index (χ0v) is 16.6. The third-order valence-corrected chi connectivity index (χ3v) is 5.57. The minimum absolute atomic E-state index is 0.0268. The average Bonchev–Trinajstić information content (AvgIpc) is 3.51. The van der Waals surface area contributed by atoms with Crippen molar-refractivity contribution >= 4 is 34.3 Å². The quantitative estimate of drug-likeness (QED) is 0.356. The van der Waals surface area contributed by atoms with Crippen molar-refractivity contribution in [3.8, 4) is 17.3 Å². The first-order valence-electron chi connectivity index (χ1n) is 8.90. The molecule has 0 amide bonds. The number of hydrogen-bond donors (Lipinski definition) is 1. The summed E-state index contributed by atoms with van der Waals surface area (Å²) in [4.78, 5) is 34.4. The zero-order valence-electron chi connectivity index (χ0n) is 15.8. The first-order chi connectivity index (χ1) is 15.3. The van der Waals surface area contributed by atoms with E-state index in [1.807, 2.05) is 12.1 Å². The van der Waals surface area contributed by atoms with Gasteiger partial charge in [0, 0.05) is 28.2 Å². The van der Waals surface area contributed by atoms with Crippen LogP contribution in [0.15, 0.2) is 43.1 Å². The molecule has 0 bridgehead atoms. The number of carbonyl (C=O) groups excluding carboxylic acids is 2. The van der Waals surface area contributed by atoms with E-state index in [0.29, 0.717) is 21.8 Å². The number of nitrogens with one attached hydrogen (secondary N) is 1. The standard InChI is InChI=1S/C19H11F3N6O3S/c20-19(21,22)18(30)31-17(29)14-2-1-13(32-14)12(3-5-23)28-8-10(7-27-28)15-11-4-6-24-16(11)26-9-25-15/h1-2,4,6-9,12H,3H2,(H,24,25,26). The van der Waals surface area contributed by atoms with Crippen molar-refractivity contribution in [1.82, 2.24) is 24.7 Å². The second-order valence-electron chi connectivity index (χ2n) is 6.43. The number of halogens is 3. The number of carbonyl (C=O) groups is 2. The highest BCUT2D eigenvalue weighted by atomic mass is 32.1. The Balaban J connectivity index is 1.61. The Morgan fingerprint density at radius 2 is 2.09 bits per heavy atom. The lowest BCUT2D eigenvalue weighted by atomic mass is 10.1. The number of esters is 2. The number of aromatic amines is 1. The highest BCUT2D eigenvalue weighted by Gasteiger charge is 2.42. The number of ether oxygens (including phenoxy) is 1. The van der Waals surface area contributed by atoms with Crippen LogP contribution in [-0.2, 0) is 9.53 Å². The summed E-state index contributed by atoms with van der Waals surface area (Å²) in [5.41, 5.74) is 1.93. The molecule has 4 rings (SSSR count). The van der Waals surface area contributed by atoms with Crippen molar-refractivity contribution in [2.45, 2.75) is 18.6 Å². The number of rotatable bonds is 5. The largest absolute Gasteiger partial charge is 0.491 e. The van der Waals surface area contributed by atoms with Gasteiger partial charge in [0.15, 0.2) is 0 Å². The molecule has 0 aliphatic rings. The molecule has 1 unspecified atom stereocenters. The number of thiophene rings is 1. The molecular formula is C19H11F3N6O3S. The van der Waals surface area contributed by atoms with Crippen molar-refractivity contribution < 1.29 is 27.5 Å². The maximum atomic E-state index is 12.3. The van der Waals surface area contributed by atoms with Gasteiger partial charge in [0.25, 0.3) is 0 Å². The SMILES string of the molecule is N#CCC(c1ccc(C(=O)OC(=O)C(F)(F)F)s1)n1cc(-c2ncnc3[nH]ccc23)cn1. The normalized spacial score (nSPS) is 12.4. The van der Waals surface area contributed by atoms with E-state index in [-0.39, 0.29) is 11.3 Å². The number of aromatic nitrogens is 5. The van der Waals surface area contributed by atoms with E-state index in [1.54, 1.807) is 18.6 Å². The van der Waals surface area contributed by atoms with Gasteiger partial charge in [-0.25, -0.2) is 19.6 Å². The average molecular weight is 460 g/mol. The van der Waals surface area contributed by atoms with Crippen molar-refractivity contribution in [3.63, 3.8) is 0 Å². The first-order valence-corrected chi connectivity index (χ1v) is 9.72. The summed E-state index contributed by atoms with van der Waals surface area (Å²) in [5.74, 6) is -4.01. The van der Waals surface area contributed by atoms with Crippen LogP contribution in [-0.4, -0.2) is 42.8 Å². The number of nitriles is 1. The topological polar surface area (TPSA) is 127 Å². The number of nitrogens with zero attached hydrogens (tertiary/aromatic N) is 5. The molecule has 13 heteroatoms. The molecule has 0 saturated carbocycles. The van der Waals surface area contributed by atoms with Gasteiger partial charge < -0.3 is 9.72 Å². The molecule has 9 nitrogen and oxygen atoms in total. The van der Waals surface area contributed by atoms with Gasteiger partial charge in [-0.2, -0.15) is 23.5 Å². The predicted molar refractivity (Wildman–Crippen MR) is 104 cm³/mol. The Kier molecular flexibility index (Phi) is 5.45. The van der Waals surface area contributed by atoms with Gasteiger partial charge in [-0.3, -0.25) is 4.68 Å². The van der Waals surface area contributed by atoms with E-state index in [2.05, 4.69) is 24.8 Å². The van der Waals surface area contributed by atoms with Gasteiger partial charge >= 0.3 is 18.1 Å². The summed E-state index contributed by atoms with van der Waals surface area (Å²) in [6.07, 6.45) is 1.04. The molecule has 0 aliphatic heterocycles. The molecule has 0 radical (unpaired) electrons. The van der Waals surface area contributed by atoms with E-state index in [1.165, 1.54) is 23.1 Å². The van der Waals surface area contributed by atoms with Crippen LogP contribution in [0.1, 0.15) is 27.0 Å². The Hall–Kier alpha value is -4.05. The molecule has 4 aromatic heterocycles. The minimum atomic E-state index is -5.28. The van der Waals surface area contributed by atoms with Crippen LogP contribution in [0.3, 0.4) is 0 Å². The molecule has 0 fully saturated rings. The summed E-state index contributed by atoms with van der Waals surface area (Å²) < 4.78 is 42.3. The molecule has 0 aliphatic carbocycles. The predicted octanol–water partition coefficient (Wildman–Crippen LogP) is 3.63. The van der Waals surface area contributed by atoms with Crippen molar-refractivity contribution in [1.29, 1.82) is 5.26 Å². The van der Waals surface area contributed by atoms with E-state index >= 15 is 0 Å². The van der Waals surface area contributed by atoms with E-state index in [9.17, 15) is 28.0 Å². The molecule has 0 saturated heterocycles. The zero-order chi connectivity index (χ0) is 22.9. The van der Waals surface area contributed by atoms with Crippen LogP contribution < -0.4 is 0 Å². The molecular weight excluding hydrogens is 449 g/mol. The van der Waals surface area contributed by atoms with E-state index < -0.39 is 24.2 Å². The fourth-order valence-corrected chi connectivity index (χ4v) is 3.96. The second kappa shape index (κ2) is 8.23. The first kappa shape index (κ1) is 21.2. The van der Waals surface area contributed by atoms with Gasteiger partial charge in [0.2, 0.25) is 0 Å². The van der Waals surface area contributed by atoms with Crippen molar-refractivity contribution in [2.24, 2.45) is 0 Å². The monoisotopic (exact) mass is 460 g/mol. The number of hydrogen-bond acceptors (Lipinski definition) is 8. The molecule has 0 aromatic carbocycles. The third-order valence-electron chi connectivity index (χ3n) is 4.41. The van der Waals surface area contributed by atoms with Crippen LogP contribution >= 0.6 is 11.3 Å². The molecule has 4 heterocycles. The highest BCUT2D eigenvalue weighted by molar-refractivity contribution is 7.14. The fraction of sp³-hybridized carbons (Fsp3) is 0.158. The van der Waals surface area contributed by atoms with Crippen LogP contribution in [0, 0.1) is 11.3 Å². The highest BCUT2D eigenvalue weighted by Crippen LogP contribution is 2.31. The Bertz CT molecular complexity index is 1350. The Morgan fingerprint density at radius 3 is 2.84 bits per heavy atom. The number of H-pyrrole nitrogens is 1. The Labute approximate surface area is 181 Å². The fourth-order valence-electron chi connectivity index (χ4n) is 2.98. The van der Waals surface area contributed by atoms with E-state index in [0.717, 1.165) is 16.7 Å². The van der Waals surface area contributed by atoms with E-state index in [4.69, 9.17) is 0 Å². The minimum Gasteiger partial charge on any atom is -0.382 e. The maximum absolute atomic E-state index is 12.3. The molecule has 1 N–H and O–H groups in total. The number of alkyl halides is 3. The van der Waals surface area contributed by atoms with Crippen molar-refractivity contribution in [2.75, 3.05) is 0 Å². The lowest BCUT2D eigenvalue weighted by molar-refractivity contribution is -0.193. The molecule has 0 spiro atoms. The summed E-state index contributed by atoms with van der Waals surface area (Å²) >= 11 is 0.809. The number of fused-ring (bicyclic) bond motifs is 1. The summed E-state index contributed by atoms with van der Waals surface area (Å²) in [6, 6.07) is 5.92. The summed E-state index contributed by atoms with van der Waals surface area (Å²) in [6.45, 7) is 0. The van der Waals surface area contributed by atoms with Crippen LogP contribution in [0.5, 0.6) is 0 Å². The maximum Gasteiger partial charge on any atom is 0.491 e. The van der Waals surface area contributed by atoms with Gasteiger partial charge in [-0.1, -0.05) is 0 Å². The molecule has 4 aromatic rings. The smallest absolute Gasteiger partial charge is 0.382 e. The Morgan fingerprint density at radius 1 is 1.28 bits per heavy atom. The van der Waals surface area contributed by atoms with Crippen molar-refractivity contribution in [3.05, 3.63) is 52.9 Å². The molecule has 32 heavy (non-hydrogen) atoms. The van der Waals surface area contributed by atoms with Crippen LogP contribution in [0.25, 0.3) is 22.3 Å². The lowest BCUT2D eigenvalue weighted by Crippen LogP contribution is -2.27. The second-order valence-corrected chi connectivity index (χ2v) is 7.54. The van der Waals surface area contributed by atoms with Crippen LogP contribution in [0.4, 0.5) is 13.2 Å². The van der Waals surface area contributed by atoms with Gasteiger partial charge in [-0.15, -0.1) is 11.3 Å². The van der Waals surface area contributed by atoms with Gasteiger partial charge in [-0.05, 0) is 18.2 Å². The summed E-state index contributed by atoms with van der Waals surface area (Å²) in [7, 11) is 0. The van der Waals surface area contributed by atoms with Crippen LogP contribution in [0.2, 0.25) is 0 Å². The lowest BCUT2D eigenvalue weighted by Gasteiger charge is -2.12. The summed E-state index contributed by atoms with van der Waals surface area (Å²) in [5, 5.41) is 14.3. The molecule has 1 atom stereocenters.